The van der Waals surface area contributed by atoms with E-state index >= 15 is 0 Å². The number of piperidine rings is 1. The third-order valence-electron chi connectivity index (χ3n) is 6.12. The molecule has 3 aromatic rings. The van der Waals surface area contributed by atoms with Crippen LogP contribution in [0.4, 0.5) is 5.69 Å². The Bertz CT molecular complexity index is 1390. The zero-order valence-electron chi connectivity index (χ0n) is 20.1. The fourth-order valence-electron chi connectivity index (χ4n) is 4.40. The second kappa shape index (κ2) is 10.9. The average Bonchev–Trinajstić information content (AvgIpc) is 3.24. The maximum absolute atomic E-state index is 13.3. The number of esters is 1. The van der Waals surface area contributed by atoms with Gasteiger partial charge in [0, 0.05) is 30.2 Å². The van der Waals surface area contributed by atoms with Gasteiger partial charge in [-0.1, -0.05) is 30.3 Å². The van der Waals surface area contributed by atoms with Crippen molar-refractivity contribution in [3.8, 4) is 0 Å². The molecule has 0 radical (unpaired) electrons. The van der Waals surface area contributed by atoms with Crippen molar-refractivity contribution in [2.75, 3.05) is 30.8 Å². The van der Waals surface area contributed by atoms with E-state index in [2.05, 4.69) is 5.32 Å². The second-order valence-corrected chi connectivity index (χ2v) is 10.6. The Balaban J connectivity index is 1.56. The molecule has 1 aromatic heterocycles. The fraction of sp³-hybridized carbons (Fsp3) is 0.346. The highest BCUT2D eigenvalue weighted by Crippen LogP contribution is 2.27. The van der Waals surface area contributed by atoms with Crippen LogP contribution in [0.3, 0.4) is 0 Å². The number of rotatable bonds is 8. The molecular weight excluding hydrogens is 482 g/mol. The lowest BCUT2D eigenvalue weighted by Gasteiger charge is -2.27. The number of fused-ring (bicyclic) bond motifs is 1. The quantitative estimate of drug-likeness (QED) is 0.465. The lowest BCUT2D eigenvalue weighted by Crippen LogP contribution is -2.37. The maximum Gasteiger partial charge on any atom is 0.340 e. The average molecular weight is 512 g/mol. The molecule has 0 saturated carbocycles. The molecule has 9 nitrogen and oxygen atoms in total. The Morgan fingerprint density at radius 1 is 0.972 bits per heavy atom. The lowest BCUT2D eigenvalue weighted by atomic mass is 10.1. The lowest BCUT2D eigenvalue weighted by molar-refractivity contribution is -0.132. The Hall–Kier alpha value is -3.66. The van der Waals surface area contributed by atoms with E-state index in [1.807, 2.05) is 0 Å². The molecule has 1 N–H and O–H groups in total. The van der Waals surface area contributed by atoms with Crippen LogP contribution in [0.5, 0.6) is 0 Å². The number of ether oxygens (including phenoxy) is 1. The molecule has 4 rings (SSSR count). The first kappa shape index (κ1) is 25.4. The van der Waals surface area contributed by atoms with Crippen LogP contribution in [-0.4, -0.2) is 61.1 Å². The van der Waals surface area contributed by atoms with Gasteiger partial charge in [0.25, 0.3) is 0 Å². The van der Waals surface area contributed by atoms with Crippen molar-refractivity contribution in [3.63, 3.8) is 0 Å². The van der Waals surface area contributed by atoms with E-state index in [9.17, 15) is 22.8 Å². The van der Waals surface area contributed by atoms with Crippen molar-refractivity contribution in [2.24, 2.45) is 0 Å². The van der Waals surface area contributed by atoms with E-state index in [1.54, 1.807) is 52.8 Å². The van der Waals surface area contributed by atoms with Crippen molar-refractivity contribution in [2.45, 2.75) is 37.6 Å². The van der Waals surface area contributed by atoms with Gasteiger partial charge in [0.1, 0.15) is 12.3 Å². The van der Waals surface area contributed by atoms with Crippen molar-refractivity contribution in [1.82, 2.24) is 9.47 Å². The SMILES string of the molecule is CCOC(=O)c1ccccc1NC(=O)CS(=O)(=O)c1cn(CC(=O)N2CCCCC2)c2ccccc12. The van der Waals surface area contributed by atoms with Gasteiger partial charge in [-0.15, -0.1) is 0 Å². The van der Waals surface area contributed by atoms with E-state index in [0.717, 1.165) is 19.3 Å². The standard InChI is InChI=1S/C26H29N3O6S/c1-2-35-26(32)19-10-4-6-12-21(19)27-24(30)18-36(33,34)23-16-29(22-13-7-5-11-20(22)23)17-25(31)28-14-8-3-9-15-28/h4-7,10-13,16H,2-3,8-9,14-15,17-18H2,1H3,(H,27,30). The van der Waals surface area contributed by atoms with E-state index < -0.39 is 27.5 Å². The topological polar surface area (TPSA) is 115 Å². The molecule has 10 heteroatoms. The first-order valence-corrected chi connectivity index (χ1v) is 13.6. The van der Waals surface area contributed by atoms with Gasteiger partial charge in [-0.2, -0.15) is 0 Å². The van der Waals surface area contributed by atoms with Gasteiger partial charge < -0.3 is 19.5 Å². The number of carbonyl (C=O) groups excluding carboxylic acids is 3. The first-order valence-electron chi connectivity index (χ1n) is 11.9. The van der Waals surface area contributed by atoms with Gasteiger partial charge in [0.05, 0.1) is 22.8 Å². The normalized spacial score (nSPS) is 14.0. The number of hydrogen-bond acceptors (Lipinski definition) is 6. The van der Waals surface area contributed by atoms with Crippen LogP contribution in [0.15, 0.2) is 59.6 Å². The molecule has 1 fully saturated rings. The summed E-state index contributed by atoms with van der Waals surface area (Å²) in [5.41, 5.74) is 0.915. The number of benzene rings is 2. The third-order valence-corrected chi connectivity index (χ3v) is 7.76. The van der Waals surface area contributed by atoms with Crippen LogP contribution in [0.1, 0.15) is 36.5 Å². The number of aromatic nitrogens is 1. The van der Waals surface area contributed by atoms with Gasteiger partial charge in [-0.05, 0) is 44.4 Å². The molecule has 1 aliphatic heterocycles. The molecule has 0 atom stereocenters. The molecule has 0 unspecified atom stereocenters. The molecule has 0 spiro atoms. The summed E-state index contributed by atoms with van der Waals surface area (Å²) in [6.45, 7) is 3.27. The number of amides is 2. The molecule has 0 aliphatic carbocycles. The highest BCUT2D eigenvalue weighted by Gasteiger charge is 2.26. The van der Waals surface area contributed by atoms with Crippen molar-refractivity contribution in [3.05, 3.63) is 60.3 Å². The molecule has 36 heavy (non-hydrogen) atoms. The number of sulfone groups is 1. The third kappa shape index (κ3) is 5.59. The molecular formula is C26H29N3O6S. The predicted octanol–water partition coefficient (Wildman–Crippen LogP) is 3.24. The molecule has 2 amide bonds. The van der Waals surface area contributed by atoms with E-state index in [0.29, 0.717) is 24.0 Å². The minimum Gasteiger partial charge on any atom is -0.462 e. The van der Waals surface area contributed by atoms with Crippen LogP contribution < -0.4 is 5.32 Å². The molecule has 2 aromatic carbocycles. The van der Waals surface area contributed by atoms with E-state index in [-0.39, 0.29) is 35.2 Å². The Labute approximate surface area is 209 Å². The minimum atomic E-state index is -4.06. The first-order chi connectivity index (χ1) is 17.3. The largest absolute Gasteiger partial charge is 0.462 e. The van der Waals surface area contributed by atoms with Gasteiger partial charge >= 0.3 is 5.97 Å². The molecule has 2 heterocycles. The minimum absolute atomic E-state index is 0.0154. The van der Waals surface area contributed by atoms with Crippen LogP contribution in [0.25, 0.3) is 10.9 Å². The number of likely N-dealkylation sites (tertiary alicyclic amines) is 1. The number of anilines is 1. The Kier molecular flexibility index (Phi) is 7.73. The zero-order valence-corrected chi connectivity index (χ0v) is 20.9. The maximum atomic E-state index is 13.3. The summed E-state index contributed by atoms with van der Waals surface area (Å²) in [5, 5.41) is 2.97. The molecule has 1 aliphatic rings. The summed E-state index contributed by atoms with van der Waals surface area (Å²) in [7, 11) is -4.06. The van der Waals surface area contributed by atoms with Gasteiger partial charge in [-0.3, -0.25) is 9.59 Å². The van der Waals surface area contributed by atoms with Gasteiger partial charge in [0.2, 0.25) is 11.8 Å². The summed E-state index contributed by atoms with van der Waals surface area (Å²) in [6, 6.07) is 13.2. The molecule has 190 valence electrons. The number of hydrogen-bond donors (Lipinski definition) is 1. The monoisotopic (exact) mass is 511 g/mol. The van der Waals surface area contributed by atoms with Gasteiger partial charge in [0.15, 0.2) is 9.84 Å². The highest BCUT2D eigenvalue weighted by atomic mass is 32.2. The van der Waals surface area contributed by atoms with Crippen molar-refractivity contribution >= 4 is 44.2 Å². The van der Waals surface area contributed by atoms with Gasteiger partial charge in [-0.25, -0.2) is 13.2 Å². The number of para-hydroxylation sites is 2. The van der Waals surface area contributed by atoms with Crippen LogP contribution >= 0.6 is 0 Å². The van der Waals surface area contributed by atoms with E-state index in [4.69, 9.17) is 4.74 Å². The number of nitrogens with one attached hydrogen (secondary N) is 1. The predicted molar refractivity (Wildman–Crippen MR) is 135 cm³/mol. The van der Waals surface area contributed by atoms with Crippen molar-refractivity contribution < 1.29 is 27.5 Å². The number of carbonyl (C=O) groups is 3. The summed E-state index contributed by atoms with van der Waals surface area (Å²) >= 11 is 0. The summed E-state index contributed by atoms with van der Waals surface area (Å²) < 4.78 is 33.3. The highest BCUT2D eigenvalue weighted by molar-refractivity contribution is 7.92. The Morgan fingerprint density at radius 2 is 1.67 bits per heavy atom. The van der Waals surface area contributed by atoms with Crippen molar-refractivity contribution in [1.29, 1.82) is 0 Å². The summed E-state index contributed by atoms with van der Waals surface area (Å²) in [4.78, 5) is 39.6. The Morgan fingerprint density at radius 3 is 2.42 bits per heavy atom. The van der Waals surface area contributed by atoms with Crippen LogP contribution in [-0.2, 0) is 30.7 Å². The number of nitrogens with zero attached hydrogens (tertiary/aromatic N) is 2. The summed E-state index contributed by atoms with van der Waals surface area (Å²) in [6.07, 6.45) is 4.46. The van der Waals surface area contributed by atoms with Crippen LogP contribution in [0, 0.1) is 0 Å². The smallest absolute Gasteiger partial charge is 0.340 e. The molecule has 0 bridgehead atoms. The van der Waals surface area contributed by atoms with Crippen LogP contribution in [0.2, 0.25) is 0 Å². The molecule has 1 saturated heterocycles. The summed E-state index contributed by atoms with van der Waals surface area (Å²) in [5.74, 6) is -2.28. The fourth-order valence-corrected chi connectivity index (χ4v) is 5.76. The zero-order chi connectivity index (χ0) is 25.7. The van der Waals surface area contributed by atoms with E-state index in [1.165, 1.54) is 18.3 Å². The second-order valence-electron chi connectivity index (χ2n) is 8.65.